The fourth-order valence-electron chi connectivity index (χ4n) is 3.61. The normalized spacial score (nSPS) is 15.2. The summed E-state index contributed by atoms with van der Waals surface area (Å²) in [6, 6.07) is 15.8. The monoisotopic (exact) mass is 443 g/mol. The lowest BCUT2D eigenvalue weighted by atomic mass is 10.00. The van der Waals surface area contributed by atoms with Crippen molar-refractivity contribution in [3.05, 3.63) is 71.5 Å². The molecule has 1 atom stereocenters. The fourth-order valence-corrected chi connectivity index (χ4v) is 3.61. The van der Waals surface area contributed by atoms with Crippen molar-refractivity contribution in [3.63, 3.8) is 0 Å². The number of nitrogens with one attached hydrogen (secondary N) is 1. The van der Waals surface area contributed by atoms with Crippen molar-refractivity contribution in [1.29, 1.82) is 0 Å². The lowest BCUT2D eigenvalue weighted by molar-refractivity contribution is -0.122. The minimum atomic E-state index is -0.346. The van der Waals surface area contributed by atoms with Crippen molar-refractivity contribution in [2.75, 3.05) is 45.9 Å². The van der Waals surface area contributed by atoms with Gasteiger partial charge >= 0.3 is 6.09 Å². The van der Waals surface area contributed by atoms with Gasteiger partial charge < -0.3 is 20.1 Å². The second kappa shape index (κ2) is 12.2. The van der Waals surface area contributed by atoms with Crippen molar-refractivity contribution in [1.82, 2.24) is 15.1 Å². The predicted molar refractivity (Wildman–Crippen MR) is 118 cm³/mol. The van der Waals surface area contributed by atoms with Crippen LogP contribution in [0.1, 0.15) is 11.1 Å². The van der Waals surface area contributed by atoms with E-state index in [1.807, 2.05) is 35.2 Å². The molecule has 7 nitrogen and oxygen atoms in total. The van der Waals surface area contributed by atoms with Crippen molar-refractivity contribution < 1.29 is 23.8 Å². The number of halogens is 1. The maximum Gasteiger partial charge on any atom is 0.410 e. The van der Waals surface area contributed by atoms with E-state index in [-0.39, 0.29) is 43.5 Å². The Bertz CT molecular complexity index is 873. The summed E-state index contributed by atoms with van der Waals surface area (Å²) in [6.07, 6.45) is 0.138. The predicted octanol–water partition coefficient (Wildman–Crippen LogP) is 2.05. The summed E-state index contributed by atoms with van der Waals surface area (Å²) >= 11 is 0. The van der Waals surface area contributed by atoms with Gasteiger partial charge in [0.15, 0.2) is 0 Å². The molecular weight excluding hydrogens is 413 g/mol. The topological polar surface area (TPSA) is 82.1 Å². The third kappa shape index (κ3) is 7.62. The number of benzene rings is 2. The van der Waals surface area contributed by atoms with Crippen LogP contribution in [0, 0.1) is 11.7 Å². The van der Waals surface area contributed by atoms with Crippen molar-refractivity contribution >= 4 is 12.0 Å². The number of piperazine rings is 1. The highest BCUT2D eigenvalue weighted by molar-refractivity contribution is 5.78. The third-order valence-electron chi connectivity index (χ3n) is 5.46. The summed E-state index contributed by atoms with van der Waals surface area (Å²) in [5, 5.41) is 12.4. The van der Waals surface area contributed by atoms with Crippen LogP contribution in [-0.4, -0.2) is 72.8 Å². The maximum absolute atomic E-state index is 13.3. The van der Waals surface area contributed by atoms with Crippen LogP contribution < -0.4 is 5.32 Å². The summed E-state index contributed by atoms with van der Waals surface area (Å²) < 4.78 is 18.7. The van der Waals surface area contributed by atoms with Gasteiger partial charge in [-0.15, -0.1) is 0 Å². The first-order valence-corrected chi connectivity index (χ1v) is 10.8. The largest absolute Gasteiger partial charge is 0.445 e. The van der Waals surface area contributed by atoms with Gasteiger partial charge in [-0.2, -0.15) is 0 Å². The standard InChI is InChI=1S/C24H30FN3O4/c25-22-8-4-7-20(14-22)13-21(17-29)15-26-23(30)16-27-9-11-28(12-10-27)24(31)32-18-19-5-2-1-3-6-19/h1-8,14,21,29H,9-13,15-18H2,(H,26,30). The first-order valence-electron chi connectivity index (χ1n) is 10.8. The van der Waals surface area contributed by atoms with E-state index in [1.165, 1.54) is 12.1 Å². The van der Waals surface area contributed by atoms with Crippen molar-refractivity contribution in [2.45, 2.75) is 13.0 Å². The molecule has 0 bridgehead atoms. The number of aliphatic hydroxyl groups is 1. The molecule has 0 aromatic heterocycles. The Balaban J connectivity index is 1.34. The SMILES string of the molecule is O=C(CN1CCN(C(=O)OCc2ccccc2)CC1)NCC(CO)Cc1cccc(F)c1. The van der Waals surface area contributed by atoms with E-state index in [0.717, 1.165) is 11.1 Å². The molecule has 1 heterocycles. The number of hydrogen-bond acceptors (Lipinski definition) is 5. The molecule has 2 N–H and O–H groups in total. The first kappa shape index (κ1) is 23.7. The molecule has 1 aliphatic rings. The van der Waals surface area contributed by atoms with Crippen LogP contribution in [-0.2, 0) is 22.6 Å². The molecule has 1 unspecified atom stereocenters. The Kier molecular flexibility index (Phi) is 9.01. The average Bonchev–Trinajstić information content (AvgIpc) is 2.81. The Morgan fingerprint density at radius 3 is 2.44 bits per heavy atom. The third-order valence-corrected chi connectivity index (χ3v) is 5.46. The number of aliphatic hydroxyl groups excluding tert-OH is 1. The van der Waals surface area contributed by atoms with E-state index in [0.29, 0.717) is 39.1 Å². The summed E-state index contributed by atoms with van der Waals surface area (Å²) in [4.78, 5) is 28.2. The van der Waals surface area contributed by atoms with Gasteiger partial charge in [-0.05, 0) is 29.7 Å². The van der Waals surface area contributed by atoms with Gasteiger partial charge in [0.2, 0.25) is 5.91 Å². The van der Waals surface area contributed by atoms with E-state index in [4.69, 9.17) is 4.74 Å². The molecule has 0 spiro atoms. The van der Waals surface area contributed by atoms with Gasteiger partial charge in [0.25, 0.3) is 0 Å². The van der Waals surface area contributed by atoms with Crippen LogP contribution >= 0.6 is 0 Å². The number of amides is 2. The number of hydrogen-bond donors (Lipinski definition) is 2. The zero-order valence-electron chi connectivity index (χ0n) is 18.1. The van der Waals surface area contributed by atoms with Crippen LogP contribution in [0.2, 0.25) is 0 Å². The molecule has 2 amide bonds. The number of carbonyl (C=O) groups excluding carboxylic acids is 2. The Labute approximate surface area is 187 Å². The van der Waals surface area contributed by atoms with E-state index in [2.05, 4.69) is 5.32 Å². The molecule has 3 rings (SSSR count). The Morgan fingerprint density at radius 2 is 1.75 bits per heavy atom. The minimum Gasteiger partial charge on any atom is -0.445 e. The van der Waals surface area contributed by atoms with E-state index in [1.54, 1.807) is 17.0 Å². The van der Waals surface area contributed by atoms with Gasteiger partial charge in [0.05, 0.1) is 6.54 Å². The van der Waals surface area contributed by atoms with Crippen LogP contribution in [0.15, 0.2) is 54.6 Å². The van der Waals surface area contributed by atoms with Gasteiger partial charge in [-0.25, -0.2) is 9.18 Å². The molecule has 1 aliphatic heterocycles. The number of carbonyl (C=O) groups is 2. The molecular formula is C24H30FN3O4. The van der Waals surface area contributed by atoms with Crippen LogP contribution in [0.4, 0.5) is 9.18 Å². The fraction of sp³-hybridized carbons (Fsp3) is 0.417. The van der Waals surface area contributed by atoms with Gasteiger partial charge in [-0.1, -0.05) is 42.5 Å². The summed E-state index contributed by atoms with van der Waals surface area (Å²) in [6.45, 7) is 2.85. The average molecular weight is 444 g/mol. The smallest absolute Gasteiger partial charge is 0.410 e. The highest BCUT2D eigenvalue weighted by Gasteiger charge is 2.23. The maximum atomic E-state index is 13.3. The number of nitrogens with zero attached hydrogens (tertiary/aromatic N) is 2. The highest BCUT2D eigenvalue weighted by atomic mass is 19.1. The Morgan fingerprint density at radius 1 is 1.03 bits per heavy atom. The van der Waals surface area contributed by atoms with E-state index < -0.39 is 0 Å². The van der Waals surface area contributed by atoms with E-state index in [9.17, 15) is 19.1 Å². The number of ether oxygens (including phenoxy) is 1. The van der Waals surface area contributed by atoms with Crippen molar-refractivity contribution in [3.8, 4) is 0 Å². The summed E-state index contributed by atoms with van der Waals surface area (Å²) in [5.74, 6) is -0.633. The minimum absolute atomic E-state index is 0.0967. The molecule has 172 valence electrons. The molecule has 1 fully saturated rings. The summed E-state index contributed by atoms with van der Waals surface area (Å²) in [5.41, 5.74) is 1.73. The zero-order valence-corrected chi connectivity index (χ0v) is 18.1. The number of rotatable bonds is 9. The van der Waals surface area contributed by atoms with Crippen molar-refractivity contribution in [2.24, 2.45) is 5.92 Å². The van der Waals surface area contributed by atoms with Crippen LogP contribution in [0.5, 0.6) is 0 Å². The molecule has 0 radical (unpaired) electrons. The van der Waals surface area contributed by atoms with Gasteiger partial charge in [0, 0.05) is 45.2 Å². The quantitative estimate of drug-likeness (QED) is 0.620. The highest BCUT2D eigenvalue weighted by Crippen LogP contribution is 2.10. The zero-order chi connectivity index (χ0) is 22.8. The van der Waals surface area contributed by atoms with Crippen LogP contribution in [0.3, 0.4) is 0 Å². The first-order chi connectivity index (χ1) is 15.5. The molecule has 32 heavy (non-hydrogen) atoms. The second-order valence-electron chi connectivity index (χ2n) is 7.99. The Hall–Kier alpha value is -2.97. The van der Waals surface area contributed by atoms with Crippen LogP contribution in [0.25, 0.3) is 0 Å². The molecule has 0 saturated carbocycles. The molecule has 2 aromatic rings. The summed E-state index contributed by atoms with van der Waals surface area (Å²) in [7, 11) is 0. The lowest BCUT2D eigenvalue weighted by Gasteiger charge is -2.33. The van der Waals surface area contributed by atoms with Gasteiger partial charge in [-0.3, -0.25) is 9.69 Å². The van der Waals surface area contributed by atoms with E-state index >= 15 is 0 Å². The molecule has 2 aromatic carbocycles. The lowest BCUT2D eigenvalue weighted by Crippen LogP contribution is -2.51. The molecule has 8 heteroatoms. The van der Waals surface area contributed by atoms with Gasteiger partial charge in [0.1, 0.15) is 12.4 Å². The molecule has 1 saturated heterocycles. The second-order valence-corrected chi connectivity index (χ2v) is 7.99. The molecule has 0 aliphatic carbocycles.